The number of hydrogen-bond donors (Lipinski definition) is 1. The zero-order chi connectivity index (χ0) is 26.7. The van der Waals surface area contributed by atoms with Gasteiger partial charge in [0.25, 0.3) is 11.8 Å². The van der Waals surface area contributed by atoms with E-state index in [1.54, 1.807) is 58.6 Å². The Morgan fingerprint density at radius 1 is 1.00 bits per heavy atom. The van der Waals surface area contributed by atoms with Crippen LogP contribution in [0.4, 0.5) is 0 Å². The lowest BCUT2D eigenvalue weighted by Gasteiger charge is -2.44. The molecule has 2 aromatic carbocycles. The van der Waals surface area contributed by atoms with Crippen LogP contribution in [0.5, 0.6) is 0 Å². The van der Waals surface area contributed by atoms with Gasteiger partial charge in [0.15, 0.2) is 0 Å². The number of halogens is 1. The molecule has 9 heteroatoms. The highest BCUT2D eigenvalue weighted by atomic mass is 35.5. The summed E-state index contributed by atoms with van der Waals surface area (Å²) >= 11 is 6.26. The van der Waals surface area contributed by atoms with Crippen molar-refractivity contribution in [1.29, 1.82) is 0 Å². The number of likely N-dealkylation sites (tertiary alicyclic amines) is 1. The van der Waals surface area contributed by atoms with Gasteiger partial charge in [0.05, 0.1) is 17.2 Å². The van der Waals surface area contributed by atoms with Gasteiger partial charge < -0.3 is 15.0 Å². The average Bonchev–Trinajstić information content (AvgIpc) is 3.31. The Bertz CT molecular complexity index is 1340. The second-order valence-corrected chi connectivity index (χ2v) is 10.0. The number of aromatic nitrogens is 1. The lowest BCUT2D eigenvalue weighted by Crippen LogP contribution is -2.59. The molecule has 1 N–H and O–H groups in total. The van der Waals surface area contributed by atoms with Crippen molar-refractivity contribution < 1.29 is 19.1 Å². The molecule has 0 unspecified atom stereocenters. The predicted octanol–water partition coefficient (Wildman–Crippen LogP) is 3.83. The molecule has 0 bridgehead atoms. The first-order chi connectivity index (χ1) is 18.4. The molecule has 1 aromatic heterocycles. The van der Waals surface area contributed by atoms with Crippen molar-refractivity contribution in [2.75, 3.05) is 19.7 Å². The number of nitrogens with zero attached hydrogens (tertiary/aromatic N) is 3. The molecule has 3 amide bonds. The molecule has 0 radical (unpaired) electrons. The van der Waals surface area contributed by atoms with Crippen LogP contribution in [0.15, 0.2) is 73.1 Å². The third kappa shape index (κ3) is 5.01. The maximum absolute atomic E-state index is 14.0. The van der Waals surface area contributed by atoms with Crippen LogP contribution >= 0.6 is 11.6 Å². The van der Waals surface area contributed by atoms with Crippen molar-refractivity contribution in [2.24, 2.45) is 0 Å². The number of ether oxygens (including phenoxy) is 1. The number of carbonyl (C=O) groups is 3. The van der Waals surface area contributed by atoms with Gasteiger partial charge in [-0.05, 0) is 42.3 Å². The van der Waals surface area contributed by atoms with E-state index in [1.807, 2.05) is 31.2 Å². The van der Waals surface area contributed by atoms with Crippen LogP contribution in [0, 0.1) is 6.92 Å². The number of carbonyl (C=O) groups excluding carboxylic acids is 3. The second-order valence-electron chi connectivity index (χ2n) is 9.61. The van der Waals surface area contributed by atoms with Crippen molar-refractivity contribution in [3.05, 3.63) is 100 Å². The van der Waals surface area contributed by atoms with Crippen molar-refractivity contribution >= 4 is 29.3 Å². The van der Waals surface area contributed by atoms with Crippen LogP contribution in [0.3, 0.4) is 0 Å². The highest BCUT2D eigenvalue weighted by Crippen LogP contribution is 2.39. The Morgan fingerprint density at radius 3 is 2.39 bits per heavy atom. The second kappa shape index (κ2) is 10.9. The van der Waals surface area contributed by atoms with E-state index < -0.39 is 11.8 Å². The smallest absolute Gasteiger partial charge is 0.257 e. The fourth-order valence-corrected chi connectivity index (χ4v) is 5.40. The van der Waals surface area contributed by atoms with E-state index in [0.29, 0.717) is 48.6 Å². The maximum atomic E-state index is 14.0. The van der Waals surface area contributed by atoms with Crippen LogP contribution in [-0.4, -0.2) is 64.0 Å². The Morgan fingerprint density at radius 2 is 1.71 bits per heavy atom. The number of rotatable bonds is 5. The highest BCUT2D eigenvalue weighted by Gasteiger charge is 2.54. The van der Waals surface area contributed by atoms with E-state index in [2.05, 4.69) is 10.3 Å². The quantitative estimate of drug-likeness (QED) is 0.539. The van der Waals surface area contributed by atoms with Crippen LogP contribution in [-0.2, 0) is 16.1 Å². The van der Waals surface area contributed by atoms with E-state index in [-0.39, 0.29) is 24.3 Å². The minimum Gasteiger partial charge on any atom is -0.353 e. The lowest BCUT2D eigenvalue weighted by molar-refractivity contribution is -0.128. The summed E-state index contributed by atoms with van der Waals surface area (Å²) in [5.41, 5.74) is 1.65. The van der Waals surface area contributed by atoms with Crippen LogP contribution in [0.25, 0.3) is 0 Å². The molecule has 196 valence electrons. The summed E-state index contributed by atoms with van der Waals surface area (Å²) < 4.78 is 6.29. The third-order valence-electron chi connectivity index (χ3n) is 7.28. The van der Waals surface area contributed by atoms with Gasteiger partial charge in [-0.25, -0.2) is 0 Å². The fourth-order valence-electron chi connectivity index (χ4n) is 5.18. The summed E-state index contributed by atoms with van der Waals surface area (Å²) in [6.45, 7) is 2.98. The van der Waals surface area contributed by atoms with Crippen molar-refractivity contribution in [1.82, 2.24) is 20.1 Å². The summed E-state index contributed by atoms with van der Waals surface area (Å²) in [7, 11) is 0. The first-order valence-electron chi connectivity index (χ1n) is 12.6. The van der Waals surface area contributed by atoms with Crippen molar-refractivity contribution in [3.8, 4) is 0 Å². The first kappa shape index (κ1) is 25.9. The Kier molecular flexibility index (Phi) is 7.44. The van der Waals surface area contributed by atoms with Gasteiger partial charge in [-0.2, -0.15) is 0 Å². The highest BCUT2D eigenvalue weighted by molar-refractivity contribution is 6.33. The zero-order valence-electron chi connectivity index (χ0n) is 21.1. The number of benzene rings is 2. The van der Waals surface area contributed by atoms with Gasteiger partial charge in [-0.3, -0.25) is 24.3 Å². The molecule has 2 aliphatic rings. The van der Waals surface area contributed by atoms with Gasteiger partial charge in [0.2, 0.25) is 5.91 Å². The first-order valence-corrected chi connectivity index (χ1v) is 13.0. The van der Waals surface area contributed by atoms with Gasteiger partial charge in [0.1, 0.15) is 11.8 Å². The standard InChI is InChI=1S/C29H29ClN4O4/c1-20-7-2-3-9-22(20)28(37)34-25(26(35)32-18-21-8-6-14-31-17-21)19-38-29(34)12-15-33(16-13-29)27(36)23-10-4-5-11-24(23)30/h2-11,14,17,25H,12-13,15-16,18-19H2,1H3,(H,32,35)/t25-/m0/s1. The number of nitrogens with one attached hydrogen (secondary N) is 1. The van der Waals surface area contributed by atoms with Crippen LogP contribution < -0.4 is 5.32 Å². The van der Waals surface area contributed by atoms with E-state index in [1.165, 1.54) is 0 Å². The molecule has 1 spiro atoms. The van der Waals surface area contributed by atoms with Crippen molar-refractivity contribution in [3.63, 3.8) is 0 Å². The largest absolute Gasteiger partial charge is 0.353 e. The lowest BCUT2D eigenvalue weighted by atomic mass is 9.95. The number of hydrogen-bond acceptors (Lipinski definition) is 5. The number of amides is 3. The number of piperidine rings is 1. The Balaban J connectivity index is 1.38. The molecule has 1 atom stereocenters. The van der Waals surface area contributed by atoms with Gasteiger partial charge in [0, 0.05) is 50.4 Å². The predicted molar refractivity (Wildman–Crippen MR) is 142 cm³/mol. The Hall–Kier alpha value is -3.75. The number of pyridine rings is 1. The minimum absolute atomic E-state index is 0.0783. The molecule has 3 aromatic rings. The average molecular weight is 533 g/mol. The van der Waals surface area contributed by atoms with E-state index in [9.17, 15) is 14.4 Å². The third-order valence-corrected chi connectivity index (χ3v) is 7.61. The Labute approximate surface area is 226 Å². The molecular weight excluding hydrogens is 504 g/mol. The van der Waals surface area contributed by atoms with Crippen molar-refractivity contribution in [2.45, 2.75) is 38.1 Å². The molecule has 2 saturated heterocycles. The van der Waals surface area contributed by atoms with Gasteiger partial charge in [-0.15, -0.1) is 0 Å². The molecule has 2 aliphatic heterocycles. The van der Waals surface area contributed by atoms with Gasteiger partial charge in [-0.1, -0.05) is 48.0 Å². The normalized spacial score (nSPS) is 18.4. The fraction of sp³-hybridized carbons (Fsp3) is 0.310. The van der Waals surface area contributed by atoms with Crippen LogP contribution in [0.2, 0.25) is 5.02 Å². The number of aryl methyl sites for hydroxylation is 1. The summed E-state index contributed by atoms with van der Waals surface area (Å²) in [6.07, 6.45) is 4.13. The molecule has 5 rings (SSSR count). The molecule has 38 heavy (non-hydrogen) atoms. The maximum Gasteiger partial charge on any atom is 0.257 e. The SMILES string of the molecule is Cc1ccccc1C(=O)N1[C@H](C(=O)NCc2cccnc2)COC12CCN(C(=O)c1ccccc1Cl)CC2. The molecule has 0 aliphatic carbocycles. The summed E-state index contributed by atoms with van der Waals surface area (Å²) in [5.74, 6) is -0.707. The summed E-state index contributed by atoms with van der Waals surface area (Å²) in [6, 6.07) is 17.2. The van der Waals surface area contributed by atoms with Gasteiger partial charge >= 0.3 is 0 Å². The summed E-state index contributed by atoms with van der Waals surface area (Å²) in [5, 5.41) is 3.34. The molecule has 2 fully saturated rings. The molecule has 0 saturated carbocycles. The monoisotopic (exact) mass is 532 g/mol. The topological polar surface area (TPSA) is 91.8 Å². The zero-order valence-corrected chi connectivity index (χ0v) is 21.9. The molecular formula is C29H29ClN4O4. The van der Waals surface area contributed by atoms with E-state index in [4.69, 9.17) is 16.3 Å². The van der Waals surface area contributed by atoms with Crippen LogP contribution in [0.1, 0.15) is 44.7 Å². The summed E-state index contributed by atoms with van der Waals surface area (Å²) in [4.78, 5) is 47.9. The van der Waals surface area contributed by atoms with E-state index >= 15 is 0 Å². The minimum atomic E-state index is -0.993. The molecule has 8 nitrogen and oxygen atoms in total. The van der Waals surface area contributed by atoms with E-state index in [0.717, 1.165) is 11.1 Å². The molecule has 3 heterocycles.